The summed E-state index contributed by atoms with van der Waals surface area (Å²) < 4.78 is 5.04. The average molecular weight is 326 g/mol. The second-order valence-electron chi connectivity index (χ2n) is 5.80. The molecule has 0 bridgehead atoms. The van der Waals surface area contributed by atoms with Crippen LogP contribution in [-0.4, -0.2) is 48.7 Å². The van der Waals surface area contributed by atoms with Gasteiger partial charge in [0.2, 0.25) is 5.91 Å². The van der Waals surface area contributed by atoms with E-state index in [0.29, 0.717) is 18.0 Å². The molecule has 1 aliphatic heterocycles. The van der Waals surface area contributed by atoms with Crippen molar-refractivity contribution in [3.05, 3.63) is 34.9 Å². The molecule has 2 rings (SSSR count). The van der Waals surface area contributed by atoms with Crippen molar-refractivity contribution in [1.82, 2.24) is 4.90 Å². The number of aliphatic carboxylic acids is 1. The van der Waals surface area contributed by atoms with E-state index in [0.717, 1.165) is 5.56 Å². The predicted molar refractivity (Wildman–Crippen MR) is 83.0 cm³/mol. The van der Waals surface area contributed by atoms with Gasteiger partial charge in [-0.1, -0.05) is 23.7 Å². The van der Waals surface area contributed by atoms with Crippen LogP contribution in [0.2, 0.25) is 5.02 Å². The summed E-state index contributed by atoms with van der Waals surface area (Å²) in [6.07, 6.45) is 0.407. The number of carboxylic acid groups (broad SMARTS) is 1. The van der Waals surface area contributed by atoms with Gasteiger partial charge in [0, 0.05) is 25.2 Å². The van der Waals surface area contributed by atoms with E-state index in [1.165, 1.54) is 7.11 Å². The van der Waals surface area contributed by atoms with E-state index in [1.807, 2.05) is 13.0 Å². The summed E-state index contributed by atoms with van der Waals surface area (Å²) in [6, 6.07) is 7.17. The molecule has 120 valence electrons. The molecule has 0 aliphatic carbocycles. The maximum Gasteiger partial charge on any atom is 0.313 e. The maximum absolute atomic E-state index is 12.6. The molecule has 1 amide bonds. The molecule has 2 atom stereocenters. The Balaban J connectivity index is 2.12. The van der Waals surface area contributed by atoms with E-state index in [2.05, 4.69) is 0 Å². The van der Waals surface area contributed by atoms with Gasteiger partial charge in [0.1, 0.15) is 5.41 Å². The Bertz CT molecular complexity index is 577. The van der Waals surface area contributed by atoms with Crippen LogP contribution < -0.4 is 0 Å². The summed E-state index contributed by atoms with van der Waals surface area (Å²) in [5.74, 6) is -1.35. The van der Waals surface area contributed by atoms with Gasteiger partial charge in [-0.3, -0.25) is 9.59 Å². The minimum absolute atomic E-state index is 0.0819. The third-order valence-corrected chi connectivity index (χ3v) is 4.49. The highest BCUT2D eigenvalue weighted by atomic mass is 35.5. The Labute approximate surface area is 134 Å². The van der Waals surface area contributed by atoms with Crippen molar-refractivity contribution in [2.75, 3.05) is 26.8 Å². The summed E-state index contributed by atoms with van der Waals surface area (Å²) in [7, 11) is 1.48. The summed E-state index contributed by atoms with van der Waals surface area (Å²) >= 11 is 5.96. The number of hydrogen-bond acceptors (Lipinski definition) is 3. The summed E-state index contributed by atoms with van der Waals surface area (Å²) in [4.78, 5) is 25.8. The highest BCUT2D eigenvalue weighted by Crippen LogP contribution is 2.33. The number of hydrogen-bond donors (Lipinski definition) is 1. The van der Waals surface area contributed by atoms with Crippen LogP contribution >= 0.6 is 11.6 Å². The number of amides is 1. The van der Waals surface area contributed by atoms with Gasteiger partial charge in [-0.15, -0.1) is 0 Å². The molecule has 5 nitrogen and oxygen atoms in total. The molecule has 6 heteroatoms. The molecule has 0 radical (unpaired) electrons. The summed E-state index contributed by atoms with van der Waals surface area (Å²) in [6.45, 7) is 2.53. The molecular formula is C16H20ClNO4. The minimum atomic E-state index is -1.00. The van der Waals surface area contributed by atoms with Gasteiger partial charge in [-0.2, -0.15) is 0 Å². The largest absolute Gasteiger partial charge is 0.481 e. The van der Waals surface area contributed by atoms with Crippen LogP contribution in [0.4, 0.5) is 0 Å². The van der Waals surface area contributed by atoms with E-state index >= 15 is 0 Å². The van der Waals surface area contributed by atoms with Crippen molar-refractivity contribution in [2.24, 2.45) is 5.41 Å². The quantitative estimate of drug-likeness (QED) is 0.902. The van der Waals surface area contributed by atoms with E-state index in [4.69, 9.17) is 16.3 Å². The second-order valence-corrected chi connectivity index (χ2v) is 6.24. The number of halogens is 1. The van der Waals surface area contributed by atoms with Crippen LogP contribution in [-0.2, 0) is 14.3 Å². The molecule has 1 heterocycles. The Hall–Kier alpha value is -1.59. The SMILES string of the molecule is COCC1(C(=O)O)CCN(C(=O)C(C)c2cccc(Cl)c2)C1. The van der Waals surface area contributed by atoms with Gasteiger partial charge >= 0.3 is 5.97 Å². The van der Waals surface area contributed by atoms with Gasteiger partial charge in [0.25, 0.3) is 0 Å². The highest BCUT2D eigenvalue weighted by molar-refractivity contribution is 6.30. The third kappa shape index (κ3) is 3.25. The van der Waals surface area contributed by atoms with Crippen LogP contribution in [0.5, 0.6) is 0 Å². The second kappa shape index (κ2) is 6.67. The molecule has 1 aliphatic rings. The summed E-state index contributed by atoms with van der Waals surface area (Å²) in [5.41, 5.74) is -0.171. The van der Waals surface area contributed by atoms with Gasteiger partial charge in [-0.25, -0.2) is 0 Å². The Morgan fingerprint density at radius 3 is 2.82 bits per heavy atom. The van der Waals surface area contributed by atoms with Gasteiger partial charge in [0.05, 0.1) is 12.5 Å². The molecule has 1 N–H and O–H groups in total. The number of carbonyl (C=O) groups is 2. The molecule has 1 fully saturated rings. The molecule has 1 aromatic rings. The smallest absolute Gasteiger partial charge is 0.313 e. The van der Waals surface area contributed by atoms with Gasteiger partial charge in [-0.05, 0) is 31.0 Å². The number of methoxy groups -OCH3 is 1. The van der Waals surface area contributed by atoms with Crippen LogP contribution in [0.1, 0.15) is 24.8 Å². The molecule has 1 aromatic carbocycles. The standard InChI is InChI=1S/C16H20ClNO4/c1-11(12-4-3-5-13(17)8-12)14(19)18-7-6-16(9-18,10-22-2)15(20)21/h3-5,8,11H,6-7,9-10H2,1-2H3,(H,20,21). The first kappa shape index (κ1) is 16.8. The van der Waals surface area contributed by atoms with E-state index in [9.17, 15) is 14.7 Å². The van der Waals surface area contributed by atoms with Crippen LogP contribution in [0.3, 0.4) is 0 Å². The molecule has 0 saturated carbocycles. The number of likely N-dealkylation sites (tertiary alicyclic amines) is 1. The Kier molecular flexibility index (Phi) is 5.08. The van der Waals surface area contributed by atoms with E-state index in [-0.39, 0.29) is 25.0 Å². The monoisotopic (exact) mass is 325 g/mol. The van der Waals surface area contributed by atoms with Gasteiger partial charge in [0.15, 0.2) is 0 Å². The first-order chi connectivity index (χ1) is 10.4. The lowest BCUT2D eigenvalue weighted by molar-refractivity contribution is -0.151. The number of ether oxygens (including phenoxy) is 1. The van der Waals surface area contributed by atoms with Crippen molar-refractivity contribution in [3.63, 3.8) is 0 Å². The topological polar surface area (TPSA) is 66.8 Å². The number of carbonyl (C=O) groups excluding carboxylic acids is 1. The maximum atomic E-state index is 12.6. The van der Waals surface area contributed by atoms with Crippen molar-refractivity contribution >= 4 is 23.5 Å². The fraction of sp³-hybridized carbons (Fsp3) is 0.500. The van der Waals surface area contributed by atoms with E-state index in [1.54, 1.807) is 23.1 Å². The number of rotatable bonds is 5. The number of carboxylic acids is 1. The highest BCUT2D eigenvalue weighted by Gasteiger charge is 2.47. The first-order valence-corrected chi connectivity index (χ1v) is 7.54. The molecule has 1 saturated heterocycles. The normalized spacial score (nSPS) is 22.6. The van der Waals surface area contributed by atoms with Crippen molar-refractivity contribution < 1.29 is 19.4 Å². The zero-order valence-corrected chi connectivity index (χ0v) is 13.5. The van der Waals surface area contributed by atoms with Gasteiger partial charge < -0.3 is 14.7 Å². The fourth-order valence-corrected chi connectivity index (χ4v) is 3.08. The van der Waals surface area contributed by atoms with E-state index < -0.39 is 11.4 Å². The van der Waals surface area contributed by atoms with Crippen LogP contribution in [0, 0.1) is 5.41 Å². The zero-order valence-electron chi connectivity index (χ0n) is 12.7. The Morgan fingerprint density at radius 1 is 1.50 bits per heavy atom. The number of nitrogens with zero attached hydrogens (tertiary/aromatic N) is 1. The lowest BCUT2D eigenvalue weighted by atomic mass is 9.88. The van der Waals surface area contributed by atoms with Crippen LogP contribution in [0.15, 0.2) is 24.3 Å². The third-order valence-electron chi connectivity index (χ3n) is 4.26. The fourth-order valence-electron chi connectivity index (χ4n) is 2.88. The molecule has 0 aromatic heterocycles. The minimum Gasteiger partial charge on any atom is -0.481 e. The molecule has 22 heavy (non-hydrogen) atoms. The average Bonchev–Trinajstić information content (AvgIpc) is 2.92. The predicted octanol–water partition coefficient (Wildman–Crippen LogP) is 2.39. The zero-order chi connectivity index (χ0) is 16.3. The lowest BCUT2D eigenvalue weighted by Crippen LogP contribution is -2.41. The molecular weight excluding hydrogens is 306 g/mol. The number of benzene rings is 1. The van der Waals surface area contributed by atoms with Crippen LogP contribution in [0.25, 0.3) is 0 Å². The van der Waals surface area contributed by atoms with Crippen molar-refractivity contribution in [2.45, 2.75) is 19.3 Å². The van der Waals surface area contributed by atoms with Crippen molar-refractivity contribution in [3.8, 4) is 0 Å². The first-order valence-electron chi connectivity index (χ1n) is 7.16. The molecule has 0 spiro atoms. The lowest BCUT2D eigenvalue weighted by Gasteiger charge is -2.25. The Morgan fingerprint density at radius 2 is 2.23 bits per heavy atom. The molecule has 2 unspecified atom stereocenters. The van der Waals surface area contributed by atoms with Crippen molar-refractivity contribution in [1.29, 1.82) is 0 Å². The summed E-state index contributed by atoms with van der Waals surface area (Å²) in [5, 5.41) is 10.0.